The van der Waals surface area contributed by atoms with Gasteiger partial charge in [0.15, 0.2) is 0 Å². The fourth-order valence-electron chi connectivity index (χ4n) is 3.03. The molecule has 0 radical (unpaired) electrons. The van der Waals surface area contributed by atoms with Gasteiger partial charge in [0, 0.05) is 25.0 Å². The number of tetrazole rings is 1. The molecule has 0 bridgehead atoms. The molecular weight excluding hydrogens is 370 g/mol. The minimum atomic E-state index is -0.426. The van der Waals surface area contributed by atoms with Crippen LogP contribution in [0.4, 0.5) is 0 Å². The van der Waals surface area contributed by atoms with Crippen LogP contribution >= 0.6 is 0 Å². The number of ether oxygens (including phenoxy) is 1. The quantitative estimate of drug-likeness (QED) is 0.541. The van der Waals surface area contributed by atoms with Crippen molar-refractivity contribution >= 4 is 5.91 Å². The standard InChI is InChI=1S/C20H19N7O2/c1-26-11-10-21-19(26)18(14-6-8-17(29-2)9-7-14)23-20(28)15-4-3-5-16(12-15)27-13-22-24-25-27/h3-13,18H,1-2H3,(H,23,28). The first-order valence-electron chi connectivity index (χ1n) is 8.91. The Morgan fingerprint density at radius 2 is 2.00 bits per heavy atom. The number of carbonyl (C=O) groups is 1. The zero-order valence-corrected chi connectivity index (χ0v) is 15.9. The van der Waals surface area contributed by atoms with Crippen LogP contribution in [0.15, 0.2) is 67.3 Å². The minimum Gasteiger partial charge on any atom is -0.497 e. The average Bonchev–Trinajstić information content (AvgIpc) is 3.44. The normalized spacial score (nSPS) is 11.8. The zero-order valence-electron chi connectivity index (χ0n) is 15.9. The summed E-state index contributed by atoms with van der Waals surface area (Å²) in [7, 11) is 3.51. The van der Waals surface area contributed by atoms with E-state index in [9.17, 15) is 4.79 Å². The first-order valence-corrected chi connectivity index (χ1v) is 8.91. The molecule has 1 amide bonds. The van der Waals surface area contributed by atoms with Crippen molar-refractivity contribution in [1.82, 2.24) is 35.1 Å². The maximum atomic E-state index is 13.0. The third-order valence-corrected chi connectivity index (χ3v) is 4.56. The van der Waals surface area contributed by atoms with Gasteiger partial charge in [0.25, 0.3) is 5.91 Å². The summed E-state index contributed by atoms with van der Waals surface area (Å²) in [5.41, 5.74) is 2.08. The van der Waals surface area contributed by atoms with E-state index in [-0.39, 0.29) is 5.91 Å². The molecule has 2 aromatic heterocycles. The van der Waals surface area contributed by atoms with Gasteiger partial charge in [0.2, 0.25) is 0 Å². The molecule has 9 heteroatoms. The molecule has 1 atom stereocenters. The van der Waals surface area contributed by atoms with E-state index in [1.807, 2.05) is 48.1 Å². The Labute approximate surface area is 167 Å². The summed E-state index contributed by atoms with van der Waals surface area (Å²) in [6.07, 6.45) is 5.03. The maximum Gasteiger partial charge on any atom is 0.252 e. The lowest BCUT2D eigenvalue weighted by atomic mass is 10.0. The number of amides is 1. The van der Waals surface area contributed by atoms with Crippen LogP contribution in [0.5, 0.6) is 5.75 Å². The minimum absolute atomic E-state index is 0.233. The molecule has 29 heavy (non-hydrogen) atoms. The molecule has 0 saturated carbocycles. The van der Waals surface area contributed by atoms with Gasteiger partial charge >= 0.3 is 0 Å². The Bertz CT molecular complexity index is 1100. The molecule has 0 aliphatic carbocycles. The molecule has 0 spiro atoms. The van der Waals surface area contributed by atoms with Gasteiger partial charge in [0.1, 0.15) is 23.9 Å². The number of nitrogens with one attached hydrogen (secondary N) is 1. The Balaban J connectivity index is 1.65. The summed E-state index contributed by atoms with van der Waals surface area (Å²) in [6, 6.07) is 14.2. The van der Waals surface area contributed by atoms with E-state index in [1.54, 1.807) is 31.5 Å². The number of nitrogens with zero attached hydrogens (tertiary/aromatic N) is 6. The summed E-state index contributed by atoms with van der Waals surface area (Å²) in [4.78, 5) is 17.5. The summed E-state index contributed by atoms with van der Waals surface area (Å²) in [5, 5.41) is 14.2. The third-order valence-electron chi connectivity index (χ3n) is 4.56. The fraction of sp³-hybridized carbons (Fsp3) is 0.150. The van der Waals surface area contributed by atoms with Gasteiger partial charge in [-0.05, 0) is 46.3 Å². The topological polar surface area (TPSA) is 99.8 Å². The highest BCUT2D eigenvalue weighted by atomic mass is 16.5. The monoisotopic (exact) mass is 389 g/mol. The second kappa shape index (κ2) is 7.93. The summed E-state index contributed by atoms with van der Waals surface area (Å²) in [5.74, 6) is 1.23. The Morgan fingerprint density at radius 1 is 1.17 bits per heavy atom. The number of imidazole rings is 1. The van der Waals surface area contributed by atoms with E-state index in [0.29, 0.717) is 11.3 Å². The second-order valence-electron chi connectivity index (χ2n) is 6.38. The molecule has 4 aromatic rings. The van der Waals surface area contributed by atoms with Crippen molar-refractivity contribution < 1.29 is 9.53 Å². The summed E-state index contributed by atoms with van der Waals surface area (Å²) in [6.45, 7) is 0. The van der Waals surface area contributed by atoms with Crippen molar-refractivity contribution in [1.29, 1.82) is 0 Å². The van der Waals surface area contributed by atoms with E-state index < -0.39 is 6.04 Å². The van der Waals surface area contributed by atoms with Crippen molar-refractivity contribution in [2.45, 2.75) is 6.04 Å². The van der Waals surface area contributed by atoms with Gasteiger partial charge in [-0.2, -0.15) is 0 Å². The van der Waals surface area contributed by atoms with Crippen LogP contribution in [0.2, 0.25) is 0 Å². The second-order valence-corrected chi connectivity index (χ2v) is 6.38. The molecule has 1 unspecified atom stereocenters. The van der Waals surface area contributed by atoms with Crippen molar-refractivity contribution in [3.05, 3.63) is 84.2 Å². The van der Waals surface area contributed by atoms with E-state index in [4.69, 9.17) is 4.74 Å². The number of benzene rings is 2. The SMILES string of the molecule is COc1ccc(C(NC(=O)c2cccc(-n3cnnn3)c2)c2nccn2C)cc1. The molecule has 146 valence electrons. The Morgan fingerprint density at radius 3 is 2.66 bits per heavy atom. The van der Waals surface area contributed by atoms with E-state index in [2.05, 4.69) is 25.8 Å². The fourth-order valence-corrected chi connectivity index (χ4v) is 3.03. The molecule has 1 N–H and O–H groups in total. The first-order chi connectivity index (χ1) is 14.2. The molecule has 0 aliphatic heterocycles. The lowest BCUT2D eigenvalue weighted by Crippen LogP contribution is -2.31. The van der Waals surface area contributed by atoms with Gasteiger partial charge < -0.3 is 14.6 Å². The van der Waals surface area contributed by atoms with Crippen LogP contribution in [0.3, 0.4) is 0 Å². The van der Waals surface area contributed by atoms with Gasteiger partial charge in [-0.1, -0.05) is 18.2 Å². The Kier molecular flexibility index (Phi) is 5.02. The van der Waals surface area contributed by atoms with Crippen LogP contribution in [0.25, 0.3) is 5.69 Å². The number of aryl methyl sites for hydroxylation is 1. The van der Waals surface area contributed by atoms with Crippen molar-refractivity contribution in [3.63, 3.8) is 0 Å². The Hall–Kier alpha value is -4.01. The third kappa shape index (κ3) is 3.84. The summed E-state index contributed by atoms with van der Waals surface area (Å²) >= 11 is 0. The van der Waals surface area contributed by atoms with Gasteiger partial charge in [0.05, 0.1) is 12.8 Å². The van der Waals surface area contributed by atoms with E-state index in [0.717, 1.165) is 17.1 Å². The van der Waals surface area contributed by atoms with Crippen molar-refractivity contribution in [3.8, 4) is 11.4 Å². The molecule has 9 nitrogen and oxygen atoms in total. The summed E-state index contributed by atoms with van der Waals surface area (Å²) < 4.78 is 8.61. The first kappa shape index (κ1) is 18.4. The van der Waals surface area contributed by atoms with Gasteiger partial charge in [-0.25, -0.2) is 9.67 Å². The number of hydrogen-bond donors (Lipinski definition) is 1. The molecule has 0 saturated heterocycles. The molecule has 0 aliphatic rings. The largest absolute Gasteiger partial charge is 0.497 e. The van der Waals surface area contributed by atoms with Crippen LogP contribution in [-0.2, 0) is 7.05 Å². The number of hydrogen-bond acceptors (Lipinski definition) is 6. The highest BCUT2D eigenvalue weighted by molar-refractivity contribution is 5.95. The van der Waals surface area contributed by atoms with Gasteiger partial charge in [-0.15, -0.1) is 5.10 Å². The lowest BCUT2D eigenvalue weighted by molar-refractivity contribution is 0.0941. The van der Waals surface area contributed by atoms with Crippen molar-refractivity contribution in [2.24, 2.45) is 7.05 Å². The van der Waals surface area contributed by atoms with E-state index >= 15 is 0 Å². The molecule has 4 rings (SSSR count). The highest BCUT2D eigenvalue weighted by Crippen LogP contribution is 2.23. The highest BCUT2D eigenvalue weighted by Gasteiger charge is 2.22. The molecule has 0 fully saturated rings. The number of carbonyl (C=O) groups excluding carboxylic acids is 1. The molecular formula is C20H19N7O2. The molecule has 2 heterocycles. The predicted molar refractivity (Wildman–Crippen MR) is 105 cm³/mol. The lowest BCUT2D eigenvalue weighted by Gasteiger charge is -2.19. The maximum absolute atomic E-state index is 13.0. The zero-order chi connectivity index (χ0) is 20.2. The van der Waals surface area contributed by atoms with Crippen LogP contribution in [-0.4, -0.2) is 42.8 Å². The predicted octanol–water partition coefficient (Wildman–Crippen LogP) is 1.92. The smallest absolute Gasteiger partial charge is 0.252 e. The van der Waals surface area contributed by atoms with Gasteiger partial charge in [-0.3, -0.25) is 4.79 Å². The van der Waals surface area contributed by atoms with Crippen LogP contribution in [0, 0.1) is 0 Å². The van der Waals surface area contributed by atoms with E-state index in [1.165, 1.54) is 11.0 Å². The van der Waals surface area contributed by atoms with Crippen molar-refractivity contribution in [2.75, 3.05) is 7.11 Å². The molecule has 2 aromatic carbocycles. The number of methoxy groups -OCH3 is 1. The van der Waals surface area contributed by atoms with Crippen LogP contribution < -0.4 is 10.1 Å². The number of aromatic nitrogens is 6. The van der Waals surface area contributed by atoms with Crippen LogP contribution in [0.1, 0.15) is 27.8 Å². The number of rotatable bonds is 6. The average molecular weight is 389 g/mol.